The summed E-state index contributed by atoms with van der Waals surface area (Å²) in [4.78, 5) is 28.7. The number of amides is 2. The zero-order valence-electron chi connectivity index (χ0n) is 22.5. The molecule has 3 aromatic carbocycles. The minimum Gasteiger partial charge on any atom is -0.483 e. The fourth-order valence-corrected chi connectivity index (χ4v) is 4.63. The second kappa shape index (κ2) is 13.8. The van der Waals surface area contributed by atoms with Gasteiger partial charge >= 0.3 is 0 Å². The number of nitrogens with zero attached hydrogens (tertiary/aromatic N) is 1. The molecule has 38 heavy (non-hydrogen) atoms. The highest BCUT2D eigenvalue weighted by Gasteiger charge is 2.30. The van der Waals surface area contributed by atoms with Gasteiger partial charge in [-0.3, -0.25) is 9.59 Å². The standard InChI is InChI=1S/C31H36BrClN2O3/c1-5-17-34-30(37)27(18-22-9-7-6-8-10-22)35(20-23-11-14-25(33)15-12-23)29(36)21-38-28-16-13-24(19-26(28)32)31(2,3)4/h6-16,19,27H,5,17-18,20-21H2,1-4H3,(H,34,37)/t27-/m1/s1. The molecule has 7 heteroatoms. The van der Waals surface area contributed by atoms with Gasteiger partial charge in [0.2, 0.25) is 5.91 Å². The van der Waals surface area contributed by atoms with Crippen molar-refractivity contribution in [3.63, 3.8) is 0 Å². The maximum absolute atomic E-state index is 13.7. The molecule has 0 aromatic heterocycles. The predicted molar refractivity (Wildman–Crippen MR) is 158 cm³/mol. The van der Waals surface area contributed by atoms with Gasteiger partial charge in [-0.15, -0.1) is 0 Å². The van der Waals surface area contributed by atoms with E-state index in [2.05, 4.69) is 42.0 Å². The van der Waals surface area contributed by atoms with Gasteiger partial charge in [0.25, 0.3) is 5.91 Å². The van der Waals surface area contributed by atoms with Crippen LogP contribution in [0.3, 0.4) is 0 Å². The van der Waals surface area contributed by atoms with Crippen molar-refractivity contribution >= 4 is 39.3 Å². The lowest BCUT2D eigenvalue weighted by Crippen LogP contribution is -2.51. The summed E-state index contributed by atoms with van der Waals surface area (Å²) < 4.78 is 6.76. The molecule has 202 valence electrons. The van der Waals surface area contributed by atoms with E-state index in [1.165, 1.54) is 0 Å². The lowest BCUT2D eigenvalue weighted by atomic mass is 9.87. The van der Waals surface area contributed by atoms with Crippen molar-refractivity contribution in [2.75, 3.05) is 13.2 Å². The Hall–Kier alpha value is -2.83. The van der Waals surface area contributed by atoms with E-state index in [1.54, 1.807) is 17.0 Å². The Bertz CT molecular complexity index is 1210. The van der Waals surface area contributed by atoms with Gasteiger partial charge in [0.05, 0.1) is 4.47 Å². The number of hydrogen-bond donors (Lipinski definition) is 1. The van der Waals surface area contributed by atoms with Crippen molar-refractivity contribution in [3.05, 3.63) is 99.0 Å². The van der Waals surface area contributed by atoms with Gasteiger partial charge in [-0.1, -0.05) is 87.8 Å². The Balaban J connectivity index is 1.89. The maximum atomic E-state index is 13.7. The number of benzene rings is 3. The molecule has 0 radical (unpaired) electrons. The zero-order chi connectivity index (χ0) is 27.7. The molecular weight excluding hydrogens is 564 g/mol. The lowest BCUT2D eigenvalue weighted by Gasteiger charge is -2.31. The van der Waals surface area contributed by atoms with Crippen molar-refractivity contribution in [2.24, 2.45) is 0 Å². The Labute approximate surface area is 239 Å². The topological polar surface area (TPSA) is 58.6 Å². The summed E-state index contributed by atoms with van der Waals surface area (Å²) in [7, 11) is 0. The van der Waals surface area contributed by atoms with Crippen LogP contribution in [0, 0.1) is 0 Å². The molecule has 0 aliphatic carbocycles. The van der Waals surface area contributed by atoms with Crippen molar-refractivity contribution < 1.29 is 14.3 Å². The molecule has 1 N–H and O–H groups in total. The van der Waals surface area contributed by atoms with Crippen LogP contribution in [0.15, 0.2) is 77.3 Å². The Kier molecular flexibility index (Phi) is 10.8. The lowest BCUT2D eigenvalue weighted by molar-refractivity contribution is -0.142. The third-order valence-electron chi connectivity index (χ3n) is 6.24. The Morgan fingerprint density at radius 1 is 1.00 bits per heavy atom. The van der Waals surface area contributed by atoms with E-state index in [-0.39, 0.29) is 30.4 Å². The highest BCUT2D eigenvalue weighted by Crippen LogP contribution is 2.31. The van der Waals surface area contributed by atoms with Gasteiger partial charge in [0.1, 0.15) is 11.8 Å². The number of ether oxygens (including phenoxy) is 1. The average molecular weight is 600 g/mol. The summed E-state index contributed by atoms with van der Waals surface area (Å²) in [6.45, 7) is 9.02. The van der Waals surface area contributed by atoms with Gasteiger partial charge in [-0.05, 0) is 68.7 Å². The first-order valence-electron chi connectivity index (χ1n) is 12.9. The largest absolute Gasteiger partial charge is 0.483 e. The molecular formula is C31H36BrClN2O3. The second-order valence-corrected chi connectivity index (χ2v) is 11.6. The number of carbonyl (C=O) groups is 2. The third-order valence-corrected chi connectivity index (χ3v) is 7.11. The second-order valence-electron chi connectivity index (χ2n) is 10.3. The first-order valence-corrected chi connectivity index (χ1v) is 14.0. The van der Waals surface area contributed by atoms with Crippen LogP contribution in [-0.2, 0) is 28.0 Å². The van der Waals surface area contributed by atoms with Crippen LogP contribution in [0.25, 0.3) is 0 Å². The van der Waals surface area contributed by atoms with Crippen LogP contribution < -0.4 is 10.1 Å². The van der Waals surface area contributed by atoms with E-state index < -0.39 is 6.04 Å². The molecule has 0 aliphatic heterocycles. The Morgan fingerprint density at radius 3 is 2.29 bits per heavy atom. The monoisotopic (exact) mass is 598 g/mol. The van der Waals surface area contributed by atoms with Crippen LogP contribution in [0.4, 0.5) is 0 Å². The Morgan fingerprint density at radius 2 is 1.68 bits per heavy atom. The van der Waals surface area contributed by atoms with Gasteiger partial charge in [0, 0.05) is 24.5 Å². The maximum Gasteiger partial charge on any atom is 0.261 e. The van der Waals surface area contributed by atoms with E-state index in [4.69, 9.17) is 16.3 Å². The molecule has 0 fully saturated rings. The van der Waals surface area contributed by atoms with Crippen molar-refractivity contribution in [2.45, 2.75) is 58.5 Å². The highest BCUT2D eigenvalue weighted by molar-refractivity contribution is 9.10. The quantitative estimate of drug-likeness (QED) is 0.260. The molecule has 5 nitrogen and oxygen atoms in total. The molecule has 0 saturated heterocycles. The first-order chi connectivity index (χ1) is 18.1. The summed E-state index contributed by atoms with van der Waals surface area (Å²) >= 11 is 9.68. The predicted octanol–water partition coefficient (Wildman–Crippen LogP) is 6.95. The first kappa shape index (κ1) is 29.7. The molecule has 0 unspecified atom stereocenters. The average Bonchev–Trinajstić information content (AvgIpc) is 2.89. The van der Waals surface area contributed by atoms with E-state index in [0.29, 0.717) is 23.7 Å². The number of nitrogens with one attached hydrogen (secondary N) is 1. The van der Waals surface area contributed by atoms with Gasteiger partial charge < -0.3 is 15.0 Å². The van der Waals surface area contributed by atoms with E-state index in [9.17, 15) is 9.59 Å². The smallest absolute Gasteiger partial charge is 0.261 e. The minimum absolute atomic E-state index is 0.0112. The summed E-state index contributed by atoms with van der Waals surface area (Å²) in [5.74, 6) is 0.112. The third kappa shape index (κ3) is 8.60. The molecule has 0 bridgehead atoms. The normalized spacial score (nSPS) is 12.1. The molecule has 3 rings (SSSR count). The number of rotatable bonds is 11. The minimum atomic E-state index is -0.706. The van der Waals surface area contributed by atoms with Crippen LogP contribution in [0.5, 0.6) is 5.75 Å². The van der Waals surface area contributed by atoms with E-state index in [1.807, 2.05) is 67.6 Å². The number of hydrogen-bond acceptors (Lipinski definition) is 3. The fraction of sp³-hybridized carbons (Fsp3) is 0.355. The summed E-state index contributed by atoms with van der Waals surface area (Å²) in [5.41, 5.74) is 2.99. The highest BCUT2D eigenvalue weighted by atomic mass is 79.9. The molecule has 3 aromatic rings. The van der Waals surface area contributed by atoms with Crippen molar-refractivity contribution in [3.8, 4) is 5.75 Å². The van der Waals surface area contributed by atoms with E-state index in [0.717, 1.165) is 27.6 Å². The fourth-order valence-electron chi connectivity index (χ4n) is 4.01. The van der Waals surface area contributed by atoms with Gasteiger partial charge in [0.15, 0.2) is 6.61 Å². The van der Waals surface area contributed by atoms with Crippen LogP contribution >= 0.6 is 27.5 Å². The number of carbonyl (C=O) groups excluding carboxylic acids is 2. The van der Waals surface area contributed by atoms with Crippen LogP contribution in [0.1, 0.15) is 50.8 Å². The van der Waals surface area contributed by atoms with Crippen LogP contribution in [0.2, 0.25) is 5.02 Å². The molecule has 0 saturated carbocycles. The SMILES string of the molecule is CCCNC(=O)[C@@H](Cc1ccccc1)N(Cc1ccc(Cl)cc1)C(=O)COc1ccc(C(C)(C)C)cc1Br. The summed E-state index contributed by atoms with van der Waals surface area (Å²) in [6, 6.07) is 22.2. The van der Waals surface area contributed by atoms with Crippen molar-refractivity contribution in [1.82, 2.24) is 10.2 Å². The van der Waals surface area contributed by atoms with Crippen LogP contribution in [-0.4, -0.2) is 35.9 Å². The summed E-state index contributed by atoms with van der Waals surface area (Å²) in [6.07, 6.45) is 1.19. The van der Waals surface area contributed by atoms with E-state index >= 15 is 0 Å². The molecule has 0 heterocycles. The molecule has 2 amide bonds. The van der Waals surface area contributed by atoms with Gasteiger partial charge in [-0.25, -0.2) is 0 Å². The van der Waals surface area contributed by atoms with Gasteiger partial charge in [-0.2, -0.15) is 0 Å². The molecule has 0 spiro atoms. The molecule has 0 aliphatic rings. The zero-order valence-corrected chi connectivity index (χ0v) is 24.8. The molecule has 1 atom stereocenters. The summed E-state index contributed by atoms with van der Waals surface area (Å²) in [5, 5.41) is 3.60. The number of halogens is 2. The van der Waals surface area contributed by atoms with Crippen molar-refractivity contribution in [1.29, 1.82) is 0 Å².